The number of aromatic nitrogens is 2. The molecular weight excluding hydrogens is 631 g/mol. The Balaban J connectivity index is 1.80. The Morgan fingerprint density at radius 2 is 1.81 bits per heavy atom. The molecule has 3 rings (SSSR count). The van der Waals surface area contributed by atoms with Gasteiger partial charge in [0.15, 0.2) is 0 Å². The highest BCUT2D eigenvalue weighted by Gasteiger charge is 2.44. The Labute approximate surface area is 234 Å². The molecule has 2 unspecified atom stereocenters. The zero-order valence-corrected chi connectivity index (χ0v) is 24.0. The number of benzene rings is 1. The maximum absolute atomic E-state index is 12.8. The van der Waals surface area contributed by atoms with E-state index < -0.39 is 65.7 Å². The van der Waals surface area contributed by atoms with Crippen molar-refractivity contribution in [2.45, 2.75) is 44.7 Å². The van der Waals surface area contributed by atoms with Crippen LogP contribution in [0.2, 0.25) is 0 Å². The van der Waals surface area contributed by atoms with Crippen LogP contribution >= 0.6 is 23.5 Å². The SMILES string of the molecule is Cc1cn([C@H]2C[C@@H](OC(=O)Cc3ccccc3CN=[N+]=[N-])[C@@H](COP(=O)(O)OP(=O)(O)OP(=O)(O)O)O2)c(=O)[nH]c1=O. The quantitative estimate of drug-likeness (QED) is 0.0670. The Kier molecular flexibility index (Phi) is 10.8. The monoisotopic (exact) mass is 655 g/mol. The summed E-state index contributed by atoms with van der Waals surface area (Å²) < 4.78 is 58.7. The van der Waals surface area contributed by atoms with E-state index in [0.29, 0.717) is 11.1 Å². The average molecular weight is 655 g/mol. The zero-order chi connectivity index (χ0) is 31.3. The molecule has 1 saturated heterocycles. The van der Waals surface area contributed by atoms with E-state index in [-0.39, 0.29) is 24.9 Å². The largest absolute Gasteiger partial charge is 0.490 e. The van der Waals surface area contributed by atoms with Crippen molar-refractivity contribution >= 4 is 29.4 Å². The molecule has 0 spiro atoms. The molecule has 5 atom stereocenters. The lowest BCUT2D eigenvalue weighted by Crippen LogP contribution is -2.33. The number of esters is 1. The van der Waals surface area contributed by atoms with E-state index in [1.165, 1.54) is 13.1 Å². The molecule has 0 saturated carbocycles. The summed E-state index contributed by atoms with van der Waals surface area (Å²) in [4.78, 5) is 78.2. The second-order valence-electron chi connectivity index (χ2n) is 8.59. The van der Waals surface area contributed by atoms with Crippen LogP contribution < -0.4 is 11.2 Å². The van der Waals surface area contributed by atoms with E-state index in [4.69, 9.17) is 24.8 Å². The number of rotatable bonds is 13. The topological polar surface area (TPSA) is 299 Å². The molecular formula is C19H24N5O15P3. The predicted molar refractivity (Wildman–Crippen MR) is 137 cm³/mol. The number of hydrogen-bond donors (Lipinski definition) is 5. The normalized spacial score (nSPS) is 21.6. The number of ether oxygens (including phenoxy) is 2. The van der Waals surface area contributed by atoms with Crippen LogP contribution in [-0.4, -0.2) is 53.9 Å². The van der Waals surface area contributed by atoms with E-state index in [1.54, 1.807) is 24.3 Å². The van der Waals surface area contributed by atoms with Crippen molar-refractivity contribution in [1.29, 1.82) is 0 Å². The van der Waals surface area contributed by atoms with Gasteiger partial charge in [-0.2, -0.15) is 8.62 Å². The standard InChI is InChI=1S/C19H24N5O15P3/c1-11-9-24(19(27)22-18(11)26)16-7-14(37-17(25)6-12-4-2-3-5-13(12)8-21-23-20)15(36-16)10-35-41(31,32)39-42(33,34)38-40(28,29)30/h2-5,9,14-16H,6-8,10H2,1H3,(H,31,32)(H,33,34)(H,22,26,27)(H2,28,29,30)/t14-,15-,16-/m1/s1. The molecule has 20 nitrogen and oxygen atoms in total. The van der Waals surface area contributed by atoms with Gasteiger partial charge in [0.05, 0.1) is 19.6 Å². The van der Waals surface area contributed by atoms with E-state index >= 15 is 0 Å². The van der Waals surface area contributed by atoms with Crippen LogP contribution in [-0.2, 0) is 54.1 Å². The molecule has 0 aliphatic carbocycles. The highest BCUT2D eigenvalue weighted by atomic mass is 31.3. The first-order valence-electron chi connectivity index (χ1n) is 11.5. The number of carbonyl (C=O) groups is 1. The molecule has 42 heavy (non-hydrogen) atoms. The first kappa shape index (κ1) is 33.6. The number of phosphoric ester groups is 1. The van der Waals surface area contributed by atoms with Gasteiger partial charge in [-0.3, -0.25) is 23.7 Å². The van der Waals surface area contributed by atoms with Gasteiger partial charge in [-0.25, -0.2) is 18.5 Å². The van der Waals surface area contributed by atoms with Crippen LogP contribution in [0.5, 0.6) is 0 Å². The number of aryl methyl sites for hydroxylation is 1. The molecule has 230 valence electrons. The first-order chi connectivity index (χ1) is 19.5. The van der Waals surface area contributed by atoms with E-state index in [9.17, 15) is 37.9 Å². The Morgan fingerprint density at radius 1 is 1.14 bits per heavy atom. The average Bonchev–Trinajstić information content (AvgIpc) is 3.24. The van der Waals surface area contributed by atoms with Gasteiger partial charge >= 0.3 is 35.1 Å². The summed E-state index contributed by atoms with van der Waals surface area (Å²) in [6.07, 6.45) is -3.25. The highest BCUT2D eigenvalue weighted by molar-refractivity contribution is 7.66. The van der Waals surface area contributed by atoms with Crippen molar-refractivity contribution in [3.8, 4) is 0 Å². The lowest BCUT2D eigenvalue weighted by Gasteiger charge is -2.21. The molecule has 2 heterocycles. The predicted octanol–water partition coefficient (Wildman–Crippen LogP) is 1.44. The van der Waals surface area contributed by atoms with Crippen molar-refractivity contribution in [2.24, 2.45) is 5.11 Å². The van der Waals surface area contributed by atoms with Crippen molar-refractivity contribution < 1.29 is 60.7 Å². The number of aromatic amines is 1. The fraction of sp³-hybridized carbons (Fsp3) is 0.421. The van der Waals surface area contributed by atoms with Crippen molar-refractivity contribution in [2.75, 3.05) is 6.61 Å². The number of hydrogen-bond acceptors (Lipinski definition) is 12. The fourth-order valence-electron chi connectivity index (χ4n) is 3.77. The minimum absolute atomic E-state index is 0.0499. The summed E-state index contributed by atoms with van der Waals surface area (Å²) in [6.45, 7) is 0.385. The first-order valence-corrected chi connectivity index (χ1v) is 16.0. The lowest BCUT2D eigenvalue weighted by molar-refractivity contribution is -0.152. The molecule has 2 aromatic rings. The molecule has 5 N–H and O–H groups in total. The van der Waals surface area contributed by atoms with Crippen LogP contribution in [0.25, 0.3) is 10.4 Å². The lowest BCUT2D eigenvalue weighted by atomic mass is 10.0. The number of H-pyrrole nitrogens is 1. The zero-order valence-electron chi connectivity index (χ0n) is 21.4. The molecule has 0 amide bonds. The summed E-state index contributed by atoms with van der Waals surface area (Å²) in [7, 11) is -17.0. The number of azide groups is 1. The minimum atomic E-state index is -5.80. The number of carbonyl (C=O) groups excluding carboxylic acids is 1. The van der Waals surface area contributed by atoms with Gasteiger partial charge in [0.2, 0.25) is 0 Å². The summed E-state index contributed by atoms with van der Waals surface area (Å²) in [5.74, 6) is -0.828. The second-order valence-corrected chi connectivity index (χ2v) is 13.0. The van der Waals surface area contributed by atoms with Crippen molar-refractivity contribution in [1.82, 2.24) is 9.55 Å². The summed E-state index contributed by atoms with van der Waals surface area (Å²) >= 11 is 0. The molecule has 1 fully saturated rings. The summed E-state index contributed by atoms with van der Waals surface area (Å²) in [5, 5.41) is 3.46. The smallest absolute Gasteiger partial charge is 0.459 e. The number of nitrogens with one attached hydrogen (secondary N) is 1. The maximum atomic E-state index is 12.8. The molecule has 0 radical (unpaired) electrons. The van der Waals surface area contributed by atoms with E-state index in [0.717, 1.165) is 4.57 Å². The molecule has 23 heteroatoms. The Hall–Kier alpha value is -2.95. The third-order valence-electron chi connectivity index (χ3n) is 5.49. The van der Waals surface area contributed by atoms with Gasteiger partial charge in [0, 0.05) is 23.1 Å². The molecule has 0 bridgehead atoms. The number of phosphoric acid groups is 3. The van der Waals surface area contributed by atoms with E-state index in [2.05, 4.69) is 28.2 Å². The Morgan fingerprint density at radius 3 is 2.45 bits per heavy atom. The Bertz CT molecular complexity index is 1630. The number of nitrogens with zero attached hydrogens (tertiary/aromatic N) is 4. The fourth-order valence-corrected chi connectivity index (χ4v) is 6.80. The van der Waals surface area contributed by atoms with Crippen LogP contribution in [0.3, 0.4) is 0 Å². The van der Waals surface area contributed by atoms with Gasteiger partial charge in [-0.1, -0.05) is 29.4 Å². The third kappa shape index (κ3) is 9.81. The van der Waals surface area contributed by atoms with Crippen LogP contribution in [0, 0.1) is 6.92 Å². The molecule has 1 aromatic heterocycles. The van der Waals surface area contributed by atoms with Gasteiger partial charge in [0.1, 0.15) is 18.4 Å². The maximum Gasteiger partial charge on any atom is 0.490 e. The van der Waals surface area contributed by atoms with Crippen LogP contribution in [0.15, 0.2) is 45.2 Å². The third-order valence-corrected chi connectivity index (χ3v) is 9.30. The van der Waals surface area contributed by atoms with Crippen molar-refractivity contribution in [3.63, 3.8) is 0 Å². The van der Waals surface area contributed by atoms with Gasteiger partial charge in [-0.05, 0) is 23.6 Å². The van der Waals surface area contributed by atoms with Gasteiger partial charge in [-0.15, -0.1) is 0 Å². The molecule has 1 aliphatic rings. The molecule has 1 aromatic carbocycles. The van der Waals surface area contributed by atoms with Crippen LogP contribution in [0.1, 0.15) is 29.3 Å². The van der Waals surface area contributed by atoms with Gasteiger partial charge < -0.3 is 29.0 Å². The van der Waals surface area contributed by atoms with E-state index in [1.807, 2.05) is 0 Å². The van der Waals surface area contributed by atoms with Gasteiger partial charge in [0.25, 0.3) is 5.56 Å². The van der Waals surface area contributed by atoms with Crippen molar-refractivity contribution in [3.05, 3.63) is 78.4 Å². The highest BCUT2D eigenvalue weighted by Crippen LogP contribution is 2.66. The second kappa shape index (κ2) is 13.6. The minimum Gasteiger partial charge on any atom is -0.459 e. The molecule has 1 aliphatic heterocycles. The summed E-state index contributed by atoms with van der Waals surface area (Å²) in [5.41, 5.74) is 8.16. The van der Waals surface area contributed by atoms with Crippen LogP contribution in [0.4, 0.5) is 0 Å². The summed E-state index contributed by atoms with van der Waals surface area (Å²) in [6, 6.07) is 6.51.